The monoisotopic (exact) mass is 503 g/mol. The fourth-order valence-corrected chi connectivity index (χ4v) is 3.93. The second kappa shape index (κ2) is 16.0. The third-order valence-corrected chi connectivity index (χ3v) is 5.69. The van der Waals surface area contributed by atoms with Crippen LogP contribution in [0.2, 0.25) is 0 Å². The second-order valence-corrected chi connectivity index (χ2v) is 8.39. The van der Waals surface area contributed by atoms with E-state index >= 15 is 0 Å². The van der Waals surface area contributed by atoms with Gasteiger partial charge in [-0.25, -0.2) is 0 Å². The first-order valence-electron chi connectivity index (χ1n) is 11.6. The summed E-state index contributed by atoms with van der Waals surface area (Å²) in [5.41, 5.74) is 0. The van der Waals surface area contributed by atoms with E-state index in [2.05, 4.69) is 5.32 Å². The van der Waals surface area contributed by atoms with Gasteiger partial charge in [0, 0.05) is 65.3 Å². The SMILES string of the molecule is CCNC(=O)CCC(C(=O)O)N1CCN(CC(=O)O)CCN(CC(=O)O)CCN(CC(=O)O)CC1. The van der Waals surface area contributed by atoms with E-state index in [1.54, 1.807) is 26.5 Å². The molecule has 1 aliphatic rings. The number of hydrogen-bond donors (Lipinski definition) is 5. The number of amides is 1. The number of hydrogen-bond acceptors (Lipinski definition) is 9. The van der Waals surface area contributed by atoms with E-state index in [4.69, 9.17) is 0 Å². The van der Waals surface area contributed by atoms with Gasteiger partial charge in [-0.2, -0.15) is 0 Å². The van der Waals surface area contributed by atoms with Gasteiger partial charge in [-0.05, 0) is 13.3 Å². The predicted octanol–water partition coefficient (Wildman–Crippen LogP) is -2.17. The van der Waals surface area contributed by atoms with E-state index in [1.807, 2.05) is 0 Å². The molecule has 1 fully saturated rings. The van der Waals surface area contributed by atoms with E-state index in [1.165, 1.54) is 0 Å². The molecule has 1 rings (SSSR count). The summed E-state index contributed by atoms with van der Waals surface area (Å²) >= 11 is 0. The largest absolute Gasteiger partial charge is 0.480 e. The summed E-state index contributed by atoms with van der Waals surface area (Å²) < 4.78 is 0. The van der Waals surface area contributed by atoms with Gasteiger partial charge in [0.1, 0.15) is 6.04 Å². The molecule has 0 aromatic rings. The van der Waals surface area contributed by atoms with Crippen LogP contribution in [0.15, 0.2) is 0 Å². The Hall–Kier alpha value is -2.81. The smallest absolute Gasteiger partial charge is 0.320 e. The Kier molecular flexibility index (Phi) is 13.8. The number of carbonyl (C=O) groups is 5. The molecule has 0 aliphatic carbocycles. The van der Waals surface area contributed by atoms with Crippen LogP contribution in [0, 0.1) is 0 Å². The number of aliphatic carboxylic acids is 4. The predicted molar refractivity (Wildman–Crippen MR) is 123 cm³/mol. The van der Waals surface area contributed by atoms with Gasteiger partial charge in [-0.1, -0.05) is 0 Å². The Bertz CT molecular complexity index is 704. The van der Waals surface area contributed by atoms with Crippen LogP contribution >= 0.6 is 0 Å². The van der Waals surface area contributed by atoms with Crippen LogP contribution in [0.25, 0.3) is 0 Å². The Morgan fingerprint density at radius 2 is 1.06 bits per heavy atom. The van der Waals surface area contributed by atoms with Crippen molar-refractivity contribution in [3.05, 3.63) is 0 Å². The number of rotatable bonds is 12. The van der Waals surface area contributed by atoms with Crippen molar-refractivity contribution in [2.75, 3.05) is 78.5 Å². The van der Waals surface area contributed by atoms with Crippen molar-refractivity contribution in [1.82, 2.24) is 24.9 Å². The zero-order valence-corrected chi connectivity index (χ0v) is 20.1. The summed E-state index contributed by atoms with van der Waals surface area (Å²) in [6.07, 6.45) is 0.0502. The van der Waals surface area contributed by atoms with Crippen molar-refractivity contribution in [2.45, 2.75) is 25.8 Å². The summed E-state index contributed by atoms with van der Waals surface area (Å²) in [6.45, 7) is 3.07. The van der Waals surface area contributed by atoms with Crippen molar-refractivity contribution in [3.8, 4) is 0 Å². The van der Waals surface area contributed by atoms with Gasteiger partial charge in [0.25, 0.3) is 0 Å². The van der Waals surface area contributed by atoms with Crippen molar-refractivity contribution in [2.24, 2.45) is 0 Å². The Morgan fingerprint density at radius 1 is 0.686 bits per heavy atom. The second-order valence-electron chi connectivity index (χ2n) is 8.39. The molecule has 1 heterocycles. The number of carboxylic acids is 4. The number of nitrogens with one attached hydrogen (secondary N) is 1. The fourth-order valence-electron chi connectivity index (χ4n) is 3.93. The molecule has 14 nitrogen and oxygen atoms in total. The highest BCUT2D eigenvalue weighted by atomic mass is 16.4. The molecule has 1 unspecified atom stereocenters. The maximum atomic E-state index is 12.1. The van der Waals surface area contributed by atoms with Gasteiger partial charge < -0.3 is 25.7 Å². The third-order valence-electron chi connectivity index (χ3n) is 5.69. The van der Waals surface area contributed by atoms with Crippen LogP contribution < -0.4 is 5.32 Å². The fraction of sp³-hybridized carbons (Fsp3) is 0.762. The van der Waals surface area contributed by atoms with Crippen LogP contribution in [-0.2, 0) is 24.0 Å². The molecular formula is C21H37N5O9. The Labute approximate surface area is 204 Å². The third kappa shape index (κ3) is 13.0. The van der Waals surface area contributed by atoms with Crippen LogP contribution in [0.4, 0.5) is 0 Å². The zero-order chi connectivity index (χ0) is 26.4. The first-order valence-corrected chi connectivity index (χ1v) is 11.6. The van der Waals surface area contributed by atoms with Crippen molar-refractivity contribution in [3.63, 3.8) is 0 Å². The molecule has 14 heteroatoms. The lowest BCUT2D eigenvalue weighted by Crippen LogP contribution is -2.52. The van der Waals surface area contributed by atoms with E-state index in [9.17, 15) is 44.4 Å². The average molecular weight is 504 g/mol. The summed E-state index contributed by atoms with van der Waals surface area (Å²) in [5, 5.41) is 40.2. The topological polar surface area (TPSA) is 191 Å². The minimum absolute atomic E-state index is 0.00311. The highest BCUT2D eigenvalue weighted by molar-refractivity contribution is 5.78. The van der Waals surface area contributed by atoms with Crippen LogP contribution in [0.3, 0.4) is 0 Å². The summed E-state index contributed by atoms with van der Waals surface area (Å²) in [5.74, 6) is -4.57. The van der Waals surface area contributed by atoms with E-state index in [0.29, 0.717) is 6.54 Å². The Balaban J connectivity index is 3.10. The zero-order valence-electron chi connectivity index (χ0n) is 20.1. The molecule has 0 saturated carbocycles. The van der Waals surface area contributed by atoms with E-state index in [0.717, 1.165) is 0 Å². The maximum Gasteiger partial charge on any atom is 0.320 e. The lowest BCUT2D eigenvalue weighted by molar-refractivity contribution is -0.145. The van der Waals surface area contributed by atoms with Gasteiger partial charge in [0.15, 0.2) is 0 Å². The summed E-state index contributed by atoms with van der Waals surface area (Å²) in [6, 6.07) is -1.01. The highest BCUT2D eigenvalue weighted by Crippen LogP contribution is 2.10. The first-order chi connectivity index (χ1) is 16.5. The molecule has 1 atom stereocenters. The molecule has 1 saturated heterocycles. The minimum atomic E-state index is -1.12. The first kappa shape index (κ1) is 30.2. The van der Waals surface area contributed by atoms with Crippen molar-refractivity contribution in [1.29, 1.82) is 0 Å². The molecule has 5 N–H and O–H groups in total. The van der Waals surface area contributed by atoms with Gasteiger partial charge in [0.2, 0.25) is 5.91 Å². The maximum absolute atomic E-state index is 12.1. The molecule has 0 spiro atoms. The van der Waals surface area contributed by atoms with Crippen LogP contribution in [0.1, 0.15) is 19.8 Å². The van der Waals surface area contributed by atoms with Crippen LogP contribution in [0.5, 0.6) is 0 Å². The van der Waals surface area contributed by atoms with Gasteiger partial charge in [-0.15, -0.1) is 0 Å². The highest BCUT2D eigenvalue weighted by Gasteiger charge is 2.28. The summed E-state index contributed by atoms with van der Waals surface area (Å²) in [7, 11) is 0. The normalized spacial score (nSPS) is 18.7. The van der Waals surface area contributed by atoms with E-state index < -0.39 is 29.9 Å². The molecule has 1 amide bonds. The van der Waals surface area contributed by atoms with Crippen LogP contribution in [-0.4, -0.2) is 154 Å². The van der Waals surface area contributed by atoms with Crippen molar-refractivity contribution >= 4 is 29.8 Å². The standard InChI is InChI=1S/C21H37N5O9/c1-2-22-17(27)4-3-16(21(34)35)26-11-9-24(14-19(30)31)7-5-23(13-18(28)29)6-8-25(10-12-26)15-20(32)33/h16H,2-15H2,1H3,(H,22,27)(H,28,29)(H,30,31)(H,32,33)(H,34,35). The molecule has 0 aromatic heterocycles. The minimum Gasteiger partial charge on any atom is -0.480 e. The molecule has 0 aromatic carbocycles. The van der Waals surface area contributed by atoms with Gasteiger partial charge >= 0.3 is 23.9 Å². The average Bonchev–Trinajstić information content (AvgIpc) is 2.74. The molecule has 0 bridgehead atoms. The number of nitrogens with zero attached hydrogens (tertiary/aromatic N) is 4. The molecule has 35 heavy (non-hydrogen) atoms. The molecule has 1 aliphatic heterocycles. The lowest BCUT2D eigenvalue weighted by atomic mass is 10.1. The van der Waals surface area contributed by atoms with Gasteiger partial charge in [0.05, 0.1) is 19.6 Å². The molecular weight excluding hydrogens is 466 g/mol. The molecule has 200 valence electrons. The van der Waals surface area contributed by atoms with Crippen molar-refractivity contribution < 1.29 is 44.4 Å². The number of carbonyl (C=O) groups excluding carboxylic acids is 1. The Morgan fingerprint density at radius 3 is 1.37 bits per heavy atom. The quantitative estimate of drug-likeness (QED) is 0.193. The lowest BCUT2D eigenvalue weighted by Gasteiger charge is -2.35. The van der Waals surface area contributed by atoms with Gasteiger partial charge in [-0.3, -0.25) is 43.6 Å². The molecule has 0 radical (unpaired) electrons. The van der Waals surface area contributed by atoms with E-state index in [-0.39, 0.29) is 90.7 Å². The summed E-state index contributed by atoms with van der Waals surface area (Å²) in [4.78, 5) is 64.4. The number of carboxylic acid groups (broad SMARTS) is 4.